The zero-order chi connectivity index (χ0) is 35.8. The molecule has 7 rings (SSSR count). The summed E-state index contributed by atoms with van der Waals surface area (Å²) in [5, 5.41) is 15.6. The second-order valence-corrected chi connectivity index (χ2v) is 13.5. The number of fused-ring (bicyclic) bond motifs is 2. The van der Waals surface area contributed by atoms with Crippen molar-refractivity contribution in [2.24, 2.45) is 21.4 Å². The molecule has 258 valence electrons. The first-order valence-electron chi connectivity index (χ1n) is 14.9. The predicted octanol–water partition coefficient (Wildman–Crippen LogP) is 8.11. The van der Waals surface area contributed by atoms with Crippen LogP contribution in [0.25, 0.3) is 6.08 Å². The van der Waals surface area contributed by atoms with E-state index in [1.807, 2.05) is 6.08 Å². The van der Waals surface area contributed by atoms with Crippen LogP contribution in [0.2, 0.25) is 20.1 Å². The minimum Gasteiger partial charge on any atom is -0.271 e. The molecule has 1 saturated heterocycles. The highest BCUT2D eigenvalue weighted by Crippen LogP contribution is 2.47. The van der Waals surface area contributed by atoms with E-state index in [2.05, 4.69) is 10.3 Å². The second kappa shape index (κ2) is 12.9. The molecular weight excluding hydrogens is 753 g/mol. The van der Waals surface area contributed by atoms with Crippen molar-refractivity contribution < 1.29 is 36.3 Å². The number of imide groups is 1. The fraction of sp³-hybridized carbons (Fsp3) is 0.250. The molecule has 0 aromatic heterocycles. The Morgan fingerprint density at radius 3 is 2.14 bits per heavy atom. The van der Waals surface area contributed by atoms with Crippen molar-refractivity contribution in [2.45, 2.75) is 37.4 Å². The number of halogens is 9. The molecule has 3 heterocycles. The van der Waals surface area contributed by atoms with E-state index in [9.17, 15) is 36.3 Å². The maximum absolute atomic E-state index is 14.7. The quantitative estimate of drug-likeness (QED) is 0.113. The molecule has 0 bridgehead atoms. The van der Waals surface area contributed by atoms with Crippen LogP contribution < -0.4 is 4.90 Å². The molecule has 3 aromatic carbocycles. The van der Waals surface area contributed by atoms with Gasteiger partial charge in [0.25, 0.3) is 17.7 Å². The zero-order valence-corrected chi connectivity index (χ0v) is 28.0. The van der Waals surface area contributed by atoms with Gasteiger partial charge in [-0.25, -0.2) is 31.9 Å². The van der Waals surface area contributed by atoms with Crippen molar-refractivity contribution >= 4 is 81.6 Å². The highest BCUT2D eigenvalue weighted by Gasteiger charge is 2.57. The van der Waals surface area contributed by atoms with Crippen LogP contribution in [0, 0.1) is 35.0 Å². The summed E-state index contributed by atoms with van der Waals surface area (Å²) in [5.41, 5.74) is 0.819. The van der Waals surface area contributed by atoms with Crippen molar-refractivity contribution in [3.63, 3.8) is 0 Å². The summed E-state index contributed by atoms with van der Waals surface area (Å²) in [4.78, 5) is 40.4. The molecule has 9 nitrogen and oxygen atoms in total. The molecular formula is C32H19Cl4F5N6O3. The van der Waals surface area contributed by atoms with Gasteiger partial charge in [-0.3, -0.25) is 19.4 Å². The summed E-state index contributed by atoms with van der Waals surface area (Å²) < 4.78 is 71.0. The lowest BCUT2D eigenvalue weighted by molar-refractivity contribution is -0.136. The first kappa shape index (κ1) is 34.3. The highest BCUT2D eigenvalue weighted by atomic mass is 35.5. The highest BCUT2D eigenvalue weighted by molar-refractivity contribution is 6.36. The molecule has 50 heavy (non-hydrogen) atoms. The average Bonchev–Trinajstić information content (AvgIpc) is 3.74. The molecule has 4 atom stereocenters. The topological polar surface area (TPSA) is 98.0 Å². The van der Waals surface area contributed by atoms with Crippen LogP contribution in [0.4, 0.5) is 27.6 Å². The van der Waals surface area contributed by atoms with E-state index in [1.54, 1.807) is 30.3 Å². The number of nitrogens with zero attached hydrogens (tertiary/aromatic N) is 6. The Labute approximate surface area is 299 Å². The fourth-order valence-electron chi connectivity index (χ4n) is 6.64. The summed E-state index contributed by atoms with van der Waals surface area (Å²) >= 11 is 25.3. The van der Waals surface area contributed by atoms with Gasteiger partial charge in [0.1, 0.15) is 12.2 Å². The maximum Gasteiger partial charge on any atom is 0.264 e. The molecule has 4 aliphatic rings. The Morgan fingerprint density at radius 1 is 0.840 bits per heavy atom. The lowest BCUT2D eigenvalue weighted by Crippen LogP contribution is -2.45. The number of hydrogen-bond donors (Lipinski definition) is 0. The van der Waals surface area contributed by atoms with Crippen LogP contribution in [0.5, 0.6) is 0 Å². The minimum absolute atomic E-state index is 0.166. The van der Waals surface area contributed by atoms with Crippen LogP contribution in [0.1, 0.15) is 36.4 Å². The van der Waals surface area contributed by atoms with E-state index < -0.39 is 77.2 Å². The molecule has 1 aliphatic carbocycles. The number of hydrazone groups is 1. The summed E-state index contributed by atoms with van der Waals surface area (Å²) in [6, 6.07) is 5.60. The predicted molar refractivity (Wildman–Crippen MR) is 173 cm³/mol. The number of carbonyl (C=O) groups excluding carboxylic acids is 3. The van der Waals surface area contributed by atoms with Crippen molar-refractivity contribution in [3.05, 3.63) is 102 Å². The largest absolute Gasteiger partial charge is 0.271 e. The SMILES string of the molecule is O=C1[C@H]2N=NN(CC(=O)N3N=C4/C(=C/c5ccc(Cl)cc5Cl)CCC[C@H]4[C@@H]3c3ccc(Cl)cc3Cl)[C@H]2C(=O)N1c1c(F)c(F)c(F)c(F)c1F. The van der Waals surface area contributed by atoms with Crippen LogP contribution >= 0.6 is 46.4 Å². The number of benzene rings is 3. The second-order valence-electron chi connectivity index (χ2n) is 11.8. The average molecular weight is 772 g/mol. The Hall–Kier alpha value is -4.11. The van der Waals surface area contributed by atoms with Gasteiger partial charge in [-0.1, -0.05) is 63.8 Å². The molecule has 0 unspecified atom stereocenters. The molecule has 3 aromatic rings. The minimum atomic E-state index is -2.47. The van der Waals surface area contributed by atoms with Crippen molar-refractivity contribution in [1.29, 1.82) is 0 Å². The number of carbonyl (C=O) groups is 3. The van der Waals surface area contributed by atoms with E-state index >= 15 is 0 Å². The molecule has 1 saturated carbocycles. The fourth-order valence-corrected chi connectivity index (χ4v) is 7.62. The van der Waals surface area contributed by atoms with Gasteiger partial charge in [0.15, 0.2) is 35.4 Å². The molecule has 3 aliphatic heterocycles. The molecule has 0 radical (unpaired) electrons. The van der Waals surface area contributed by atoms with Gasteiger partial charge in [0, 0.05) is 26.0 Å². The van der Waals surface area contributed by atoms with Crippen LogP contribution in [0.3, 0.4) is 0 Å². The van der Waals surface area contributed by atoms with Gasteiger partial charge in [0.05, 0.1) is 11.8 Å². The molecule has 2 fully saturated rings. The number of allylic oxidation sites excluding steroid dienone is 1. The van der Waals surface area contributed by atoms with E-state index in [-0.39, 0.29) is 15.8 Å². The van der Waals surface area contributed by atoms with E-state index in [4.69, 9.17) is 51.5 Å². The standard InChI is InChI=1S/C32H19Cl4F5N6O3/c33-14-5-4-12(18(35)9-14)8-13-2-1-3-17-26(13)43-47(28(17)16-7-6-15(34)10-19(16)36)20(48)11-45-30-27(42-44-45)31(49)46(32(30)50)29-24(40)22(38)21(37)23(39)25(29)41/h4-10,17,27-28,30H,1-3,11H2/b13-8+/t17-,27+,28+,30-/m1/s1. The molecule has 18 heteroatoms. The van der Waals surface area contributed by atoms with Crippen LogP contribution in [-0.2, 0) is 14.4 Å². The smallest absolute Gasteiger partial charge is 0.264 e. The van der Waals surface area contributed by atoms with Gasteiger partial charge < -0.3 is 0 Å². The van der Waals surface area contributed by atoms with Gasteiger partial charge in [-0.15, -0.1) is 0 Å². The van der Waals surface area contributed by atoms with Gasteiger partial charge in [0.2, 0.25) is 5.82 Å². The van der Waals surface area contributed by atoms with E-state index in [1.165, 1.54) is 11.1 Å². The summed E-state index contributed by atoms with van der Waals surface area (Å²) in [5.74, 6) is -15.8. The summed E-state index contributed by atoms with van der Waals surface area (Å²) in [6.45, 7) is -0.720. The maximum atomic E-state index is 14.7. The van der Waals surface area contributed by atoms with Crippen LogP contribution in [-0.4, -0.2) is 52.1 Å². The van der Waals surface area contributed by atoms with Crippen molar-refractivity contribution in [1.82, 2.24) is 10.0 Å². The number of rotatable bonds is 5. The Kier molecular flexibility index (Phi) is 8.86. The van der Waals surface area contributed by atoms with Gasteiger partial charge >= 0.3 is 0 Å². The van der Waals surface area contributed by atoms with E-state index in [0.717, 1.165) is 17.0 Å². The Balaban J connectivity index is 1.23. The van der Waals surface area contributed by atoms with Crippen molar-refractivity contribution in [3.8, 4) is 0 Å². The third kappa shape index (κ3) is 5.52. The lowest BCUT2D eigenvalue weighted by atomic mass is 9.77. The summed E-state index contributed by atoms with van der Waals surface area (Å²) in [6.07, 6.45) is 3.79. The van der Waals surface area contributed by atoms with Gasteiger partial charge in [-0.2, -0.15) is 10.2 Å². The first-order chi connectivity index (χ1) is 23.8. The van der Waals surface area contributed by atoms with Crippen molar-refractivity contribution in [2.75, 3.05) is 11.4 Å². The lowest BCUT2D eigenvalue weighted by Gasteiger charge is -2.31. The normalized spacial score (nSPS) is 23.7. The molecule has 0 spiro atoms. The van der Waals surface area contributed by atoms with Gasteiger partial charge in [-0.05, 0) is 66.3 Å². The monoisotopic (exact) mass is 770 g/mol. The first-order valence-corrected chi connectivity index (χ1v) is 16.4. The third-order valence-electron chi connectivity index (χ3n) is 8.90. The number of hydrogen-bond acceptors (Lipinski definition) is 7. The van der Waals surface area contributed by atoms with E-state index in [0.29, 0.717) is 44.7 Å². The number of amides is 3. The Morgan fingerprint density at radius 2 is 1.48 bits per heavy atom. The number of anilines is 1. The molecule has 0 N–H and O–H groups in total. The molecule has 3 amide bonds. The summed E-state index contributed by atoms with van der Waals surface area (Å²) in [7, 11) is 0. The van der Waals surface area contributed by atoms with Crippen LogP contribution in [0.15, 0.2) is 57.4 Å². The third-order valence-corrected chi connectivity index (χ3v) is 10.0. The Bertz CT molecular complexity index is 2090. The zero-order valence-electron chi connectivity index (χ0n) is 25.0.